The van der Waals surface area contributed by atoms with E-state index < -0.39 is 0 Å². The molecule has 21 heavy (non-hydrogen) atoms. The maximum atomic E-state index is 4.48. The lowest BCUT2D eigenvalue weighted by Crippen LogP contribution is -2.21. The fourth-order valence-electron chi connectivity index (χ4n) is 2.40. The highest BCUT2D eigenvalue weighted by Gasteiger charge is 2.15. The van der Waals surface area contributed by atoms with Crippen molar-refractivity contribution in [1.29, 1.82) is 0 Å². The minimum atomic E-state index is 0.135. The molecular formula is C17H18N4. The van der Waals surface area contributed by atoms with Crippen LogP contribution in [0.5, 0.6) is 0 Å². The van der Waals surface area contributed by atoms with Crippen molar-refractivity contribution in [2.24, 2.45) is 0 Å². The molecule has 2 heterocycles. The second-order valence-electron chi connectivity index (χ2n) is 4.83. The van der Waals surface area contributed by atoms with Crippen LogP contribution in [0.25, 0.3) is 5.69 Å². The summed E-state index contributed by atoms with van der Waals surface area (Å²) in [5.74, 6) is 0. The molecule has 0 aliphatic carbocycles. The summed E-state index contributed by atoms with van der Waals surface area (Å²) in [6.07, 6.45) is 7.63. The molecule has 106 valence electrons. The Balaban J connectivity index is 1.93. The number of hydrogen-bond donors (Lipinski definition) is 1. The molecule has 1 aromatic carbocycles. The van der Waals surface area contributed by atoms with E-state index >= 15 is 0 Å². The van der Waals surface area contributed by atoms with E-state index in [2.05, 4.69) is 28.5 Å². The third-order valence-corrected chi connectivity index (χ3v) is 3.40. The van der Waals surface area contributed by atoms with Gasteiger partial charge in [0.2, 0.25) is 0 Å². The van der Waals surface area contributed by atoms with Crippen molar-refractivity contribution in [3.05, 3.63) is 78.4 Å². The Morgan fingerprint density at radius 2 is 1.81 bits per heavy atom. The van der Waals surface area contributed by atoms with Gasteiger partial charge in [-0.05, 0) is 36.4 Å². The first-order valence-electron chi connectivity index (χ1n) is 7.12. The zero-order chi connectivity index (χ0) is 14.5. The number of pyridine rings is 1. The van der Waals surface area contributed by atoms with Crippen LogP contribution in [0.1, 0.15) is 24.1 Å². The highest BCUT2D eigenvalue weighted by atomic mass is 15.3. The summed E-state index contributed by atoms with van der Waals surface area (Å²) in [6.45, 7) is 3.00. The quantitative estimate of drug-likeness (QED) is 0.780. The van der Waals surface area contributed by atoms with E-state index in [1.807, 2.05) is 65.7 Å². The molecule has 0 aliphatic heterocycles. The van der Waals surface area contributed by atoms with E-state index in [1.165, 1.54) is 5.56 Å². The maximum Gasteiger partial charge on any atom is 0.0645 e. The average molecular weight is 278 g/mol. The average Bonchev–Trinajstić information content (AvgIpc) is 3.04. The van der Waals surface area contributed by atoms with Crippen molar-refractivity contribution < 1.29 is 0 Å². The molecule has 3 rings (SSSR count). The third kappa shape index (κ3) is 3.01. The van der Waals surface area contributed by atoms with Crippen LogP contribution in [0.15, 0.2) is 67.3 Å². The van der Waals surface area contributed by atoms with Gasteiger partial charge in [-0.1, -0.05) is 25.1 Å². The molecule has 0 saturated carbocycles. The molecule has 2 aromatic heterocycles. The van der Waals surface area contributed by atoms with E-state index in [0.717, 1.165) is 17.8 Å². The van der Waals surface area contributed by atoms with Crippen LogP contribution in [-0.4, -0.2) is 21.3 Å². The minimum absolute atomic E-state index is 0.135. The van der Waals surface area contributed by atoms with Crippen LogP contribution in [0.2, 0.25) is 0 Å². The number of nitrogens with one attached hydrogen (secondary N) is 1. The van der Waals surface area contributed by atoms with Gasteiger partial charge in [0.1, 0.15) is 0 Å². The first-order valence-corrected chi connectivity index (χ1v) is 7.12. The second kappa shape index (κ2) is 6.33. The summed E-state index contributed by atoms with van der Waals surface area (Å²) in [4.78, 5) is 4.09. The molecule has 1 N–H and O–H groups in total. The Labute approximate surface area is 124 Å². The number of aromatic nitrogens is 3. The molecule has 0 saturated heterocycles. The van der Waals surface area contributed by atoms with Crippen LogP contribution in [0.3, 0.4) is 0 Å². The van der Waals surface area contributed by atoms with Crippen molar-refractivity contribution in [2.45, 2.75) is 13.0 Å². The summed E-state index contributed by atoms with van der Waals surface area (Å²) >= 11 is 0. The number of benzene rings is 1. The summed E-state index contributed by atoms with van der Waals surface area (Å²) in [5, 5.41) is 7.98. The predicted octanol–water partition coefficient (Wildman–Crippen LogP) is 2.97. The van der Waals surface area contributed by atoms with Crippen molar-refractivity contribution in [3.63, 3.8) is 0 Å². The molecule has 1 atom stereocenters. The summed E-state index contributed by atoms with van der Waals surface area (Å²) < 4.78 is 1.90. The molecule has 0 radical (unpaired) electrons. The number of para-hydroxylation sites is 1. The standard InChI is InChI=1S/C17H18N4/c1-2-19-17(14-8-10-18-11-9-14)15-12-20-21(13-15)16-6-4-3-5-7-16/h3-13,17,19H,2H2,1H3. The first-order chi connectivity index (χ1) is 10.4. The van der Waals surface area contributed by atoms with Crippen molar-refractivity contribution in [1.82, 2.24) is 20.1 Å². The van der Waals surface area contributed by atoms with Gasteiger partial charge in [0.15, 0.2) is 0 Å². The number of nitrogens with zero attached hydrogens (tertiary/aromatic N) is 3. The summed E-state index contributed by atoms with van der Waals surface area (Å²) in [5.41, 5.74) is 3.40. The molecule has 0 spiro atoms. The highest BCUT2D eigenvalue weighted by Crippen LogP contribution is 2.21. The number of rotatable bonds is 5. The van der Waals surface area contributed by atoms with Gasteiger partial charge >= 0.3 is 0 Å². The Kier molecular flexibility index (Phi) is 4.07. The largest absolute Gasteiger partial charge is 0.306 e. The normalized spacial score (nSPS) is 12.2. The highest BCUT2D eigenvalue weighted by molar-refractivity contribution is 5.34. The lowest BCUT2D eigenvalue weighted by molar-refractivity contribution is 0.630. The minimum Gasteiger partial charge on any atom is -0.306 e. The van der Waals surface area contributed by atoms with Crippen LogP contribution < -0.4 is 5.32 Å². The lowest BCUT2D eigenvalue weighted by Gasteiger charge is -2.16. The van der Waals surface area contributed by atoms with Gasteiger partial charge in [0, 0.05) is 24.2 Å². The van der Waals surface area contributed by atoms with E-state index in [9.17, 15) is 0 Å². The van der Waals surface area contributed by atoms with Crippen LogP contribution in [0.4, 0.5) is 0 Å². The van der Waals surface area contributed by atoms with Gasteiger partial charge in [-0.2, -0.15) is 5.10 Å². The molecule has 4 heteroatoms. The zero-order valence-corrected chi connectivity index (χ0v) is 12.0. The Bertz CT molecular complexity index is 676. The van der Waals surface area contributed by atoms with Crippen molar-refractivity contribution >= 4 is 0 Å². The van der Waals surface area contributed by atoms with Crippen LogP contribution in [-0.2, 0) is 0 Å². The van der Waals surface area contributed by atoms with Gasteiger partial charge in [-0.3, -0.25) is 4.98 Å². The molecule has 0 aliphatic rings. The lowest BCUT2D eigenvalue weighted by atomic mass is 10.0. The molecule has 0 fully saturated rings. The number of hydrogen-bond acceptors (Lipinski definition) is 3. The molecule has 3 aromatic rings. The van der Waals surface area contributed by atoms with E-state index in [-0.39, 0.29) is 6.04 Å². The van der Waals surface area contributed by atoms with E-state index in [1.54, 1.807) is 0 Å². The summed E-state index contributed by atoms with van der Waals surface area (Å²) in [6, 6.07) is 14.3. The fourth-order valence-corrected chi connectivity index (χ4v) is 2.40. The van der Waals surface area contributed by atoms with Gasteiger partial charge < -0.3 is 5.32 Å². The van der Waals surface area contributed by atoms with Crippen LogP contribution >= 0.6 is 0 Å². The molecule has 0 bridgehead atoms. The molecule has 0 amide bonds. The molecule has 1 unspecified atom stereocenters. The van der Waals surface area contributed by atoms with Crippen molar-refractivity contribution in [3.8, 4) is 5.69 Å². The Morgan fingerprint density at radius 3 is 2.52 bits per heavy atom. The Morgan fingerprint density at radius 1 is 1.05 bits per heavy atom. The Hall–Kier alpha value is -2.46. The van der Waals surface area contributed by atoms with Gasteiger partial charge in [0.05, 0.1) is 17.9 Å². The van der Waals surface area contributed by atoms with Gasteiger partial charge in [-0.15, -0.1) is 0 Å². The zero-order valence-electron chi connectivity index (χ0n) is 12.0. The van der Waals surface area contributed by atoms with Crippen molar-refractivity contribution in [2.75, 3.05) is 6.54 Å². The second-order valence-corrected chi connectivity index (χ2v) is 4.83. The monoisotopic (exact) mass is 278 g/mol. The fraction of sp³-hybridized carbons (Fsp3) is 0.176. The van der Waals surface area contributed by atoms with Crippen LogP contribution in [0, 0.1) is 0 Å². The molecule has 4 nitrogen and oxygen atoms in total. The molecular weight excluding hydrogens is 260 g/mol. The van der Waals surface area contributed by atoms with E-state index in [4.69, 9.17) is 0 Å². The van der Waals surface area contributed by atoms with E-state index in [0.29, 0.717) is 0 Å². The van der Waals surface area contributed by atoms with Gasteiger partial charge in [-0.25, -0.2) is 4.68 Å². The SMILES string of the molecule is CCNC(c1ccncc1)c1cnn(-c2ccccc2)c1. The predicted molar refractivity (Wildman–Crippen MR) is 83.3 cm³/mol. The third-order valence-electron chi connectivity index (χ3n) is 3.40. The first kappa shape index (κ1) is 13.5. The smallest absolute Gasteiger partial charge is 0.0645 e. The maximum absolute atomic E-state index is 4.48. The summed E-state index contributed by atoms with van der Waals surface area (Å²) in [7, 11) is 0. The van der Waals surface area contributed by atoms with Gasteiger partial charge in [0.25, 0.3) is 0 Å². The topological polar surface area (TPSA) is 42.7 Å².